The number of hydrogen-bond acceptors (Lipinski definition) is 2. The largest absolute Gasteiger partial charge is 0.478 e. The number of carboxylic acid groups (broad SMARTS) is 1. The summed E-state index contributed by atoms with van der Waals surface area (Å²) in [5.41, 5.74) is 1.81. The van der Waals surface area contributed by atoms with Crippen molar-refractivity contribution in [3.05, 3.63) is 65.0 Å². The summed E-state index contributed by atoms with van der Waals surface area (Å²) in [5.74, 6) is -1.80. The second kappa shape index (κ2) is 5.01. The van der Waals surface area contributed by atoms with Gasteiger partial charge in [0.1, 0.15) is 5.82 Å². The summed E-state index contributed by atoms with van der Waals surface area (Å²) < 4.78 is 13.4. The van der Waals surface area contributed by atoms with E-state index >= 15 is 0 Å². The second-order valence-electron chi connectivity index (χ2n) is 4.87. The van der Waals surface area contributed by atoms with Gasteiger partial charge in [-0.3, -0.25) is 4.79 Å². The first-order valence-electron chi connectivity index (χ1n) is 6.50. The van der Waals surface area contributed by atoms with Crippen LogP contribution in [0.1, 0.15) is 26.3 Å². The molecule has 0 atom stereocenters. The predicted octanol–water partition coefficient (Wildman–Crippen LogP) is 2.73. The van der Waals surface area contributed by atoms with Crippen LogP contribution in [0, 0.1) is 5.82 Å². The van der Waals surface area contributed by atoms with Crippen molar-refractivity contribution in [3.63, 3.8) is 0 Å². The van der Waals surface area contributed by atoms with E-state index < -0.39 is 11.8 Å². The summed E-state index contributed by atoms with van der Waals surface area (Å²) in [4.78, 5) is 25.0. The van der Waals surface area contributed by atoms with Gasteiger partial charge in [-0.1, -0.05) is 12.1 Å². The monoisotopic (exact) mass is 285 g/mol. The van der Waals surface area contributed by atoms with Crippen LogP contribution in [0.5, 0.6) is 0 Å². The van der Waals surface area contributed by atoms with Crippen LogP contribution in [0.25, 0.3) is 0 Å². The molecule has 0 aliphatic carbocycles. The number of benzene rings is 2. The number of carbonyl (C=O) groups excluding carboxylic acids is 1. The fourth-order valence-corrected chi connectivity index (χ4v) is 2.50. The molecule has 1 heterocycles. The van der Waals surface area contributed by atoms with E-state index in [0.29, 0.717) is 18.7 Å². The third-order valence-corrected chi connectivity index (χ3v) is 3.54. The highest BCUT2D eigenvalue weighted by Crippen LogP contribution is 2.30. The van der Waals surface area contributed by atoms with E-state index in [0.717, 1.165) is 5.56 Å². The zero-order valence-corrected chi connectivity index (χ0v) is 11.0. The first-order chi connectivity index (χ1) is 10.1. The third kappa shape index (κ3) is 2.38. The SMILES string of the molecule is O=C(O)c1cccc(C(=O)N2CCc3ccc(F)cc32)c1. The molecule has 0 spiro atoms. The highest BCUT2D eigenvalue weighted by Gasteiger charge is 2.26. The molecule has 2 aromatic rings. The number of fused-ring (bicyclic) bond motifs is 1. The smallest absolute Gasteiger partial charge is 0.335 e. The maximum absolute atomic E-state index is 13.4. The third-order valence-electron chi connectivity index (χ3n) is 3.54. The van der Waals surface area contributed by atoms with Gasteiger partial charge in [0.15, 0.2) is 0 Å². The number of rotatable bonds is 2. The number of amides is 1. The lowest BCUT2D eigenvalue weighted by atomic mass is 10.1. The molecule has 0 bridgehead atoms. The molecule has 106 valence electrons. The molecule has 0 aromatic heterocycles. The molecule has 1 aliphatic rings. The Morgan fingerprint density at radius 1 is 1.10 bits per heavy atom. The Kier molecular flexibility index (Phi) is 3.17. The summed E-state index contributed by atoms with van der Waals surface area (Å²) in [6.45, 7) is 0.467. The Hall–Kier alpha value is -2.69. The molecule has 3 rings (SSSR count). The van der Waals surface area contributed by atoms with Crippen LogP contribution in [0.3, 0.4) is 0 Å². The van der Waals surface area contributed by atoms with Crippen molar-refractivity contribution >= 4 is 17.6 Å². The number of anilines is 1. The molecule has 1 aliphatic heterocycles. The van der Waals surface area contributed by atoms with E-state index in [1.165, 1.54) is 35.2 Å². The van der Waals surface area contributed by atoms with Gasteiger partial charge in [0.25, 0.3) is 5.91 Å². The molecule has 0 fully saturated rings. The van der Waals surface area contributed by atoms with Gasteiger partial charge in [0, 0.05) is 12.1 Å². The summed E-state index contributed by atoms with van der Waals surface area (Å²) in [5, 5.41) is 8.98. The van der Waals surface area contributed by atoms with E-state index in [1.54, 1.807) is 12.1 Å². The lowest BCUT2D eigenvalue weighted by Gasteiger charge is -2.17. The molecular weight excluding hydrogens is 273 g/mol. The fraction of sp³-hybridized carbons (Fsp3) is 0.125. The van der Waals surface area contributed by atoms with E-state index in [2.05, 4.69) is 0 Å². The average Bonchev–Trinajstić information content (AvgIpc) is 2.89. The highest BCUT2D eigenvalue weighted by atomic mass is 19.1. The first-order valence-corrected chi connectivity index (χ1v) is 6.50. The Morgan fingerprint density at radius 2 is 1.86 bits per heavy atom. The number of halogens is 1. The van der Waals surface area contributed by atoms with Crippen molar-refractivity contribution in [2.45, 2.75) is 6.42 Å². The minimum absolute atomic E-state index is 0.0551. The summed E-state index contributed by atoms with van der Waals surface area (Å²) in [7, 11) is 0. The standard InChI is InChI=1S/C16H12FNO3/c17-13-5-4-10-6-7-18(14(10)9-13)15(19)11-2-1-3-12(8-11)16(20)21/h1-5,8-9H,6-7H2,(H,20,21). The van der Waals surface area contributed by atoms with Crippen molar-refractivity contribution in [2.75, 3.05) is 11.4 Å². The average molecular weight is 285 g/mol. The van der Waals surface area contributed by atoms with Gasteiger partial charge in [-0.25, -0.2) is 9.18 Å². The molecule has 4 nitrogen and oxygen atoms in total. The molecule has 0 radical (unpaired) electrons. The molecule has 5 heteroatoms. The van der Waals surface area contributed by atoms with Crippen LogP contribution in [0.15, 0.2) is 42.5 Å². The van der Waals surface area contributed by atoms with Crippen LogP contribution < -0.4 is 4.90 Å². The first kappa shape index (κ1) is 13.3. The molecule has 21 heavy (non-hydrogen) atoms. The Balaban J connectivity index is 1.96. The second-order valence-corrected chi connectivity index (χ2v) is 4.87. The highest BCUT2D eigenvalue weighted by molar-refractivity contribution is 6.08. The van der Waals surface area contributed by atoms with Gasteiger partial charge in [0.05, 0.1) is 11.3 Å². The van der Waals surface area contributed by atoms with Crippen LogP contribution in [0.4, 0.5) is 10.1 Å². The van der Waals surface area contributed by atoms with E-state index in [-0.39, 0.29) is 17.0 Å². The van der Waals surface area contributed by atoms with Crippen LogP contribution in [-0.2, 0) is 6.42 Å². The zero-order chi connectivity index (χ0) is 15.0. The fourth-order valence-electron chi connectivity index (χ4n) is 2.50. The lowest BCUT2D eigenvalue weighted by molar-refractivity contribution is 0.0697. The molecule has 1 N–H and O–H groups in total. The lowest BCUT2D eigenvalue weighted by Crippen LogP contribution is -2.29. The number of carbonyl (C=O) groups is 2. The minimum atomic E-state index is -1.09. The van der Waals surface area contributed by atoms with Gasteiger partial charge in [-0.15, -0.1) is 0 Å². The summed E-state index contributed by atoms with van der Waals surface area (Å²) in [6.07, 6.45) is 0.667. The Bertz CT molecular complexity index is 742. The summed E-state index contributed by atoms with van der Waals surface area (Å²) >= 11 is 0. The van der Waals surface area contributed by atoms with Crippen molar-refractivity contribution in [1.29, 1.82) is 0 Å². The molecule has 2 aromatic carbocycles. The van der Waals surface area contributed by atoms with Gasteiger partial charge in [-0.05, 0) is 42.3 Å². The Morgan fingerprint density at radius 3 is 2.62 bits per heavy atom. The van der Waals surface area contributed by atoms with Crippen molar-refractivity contribution in [2.24, 2.45) is 0 Å². The van der Waals surface area contributed by atoms with Crippen LogP contribution >= 0.6 is 0 Å². The predicted molar refractivity (Wildman–Crippen MR) is 75.2 cm³/mol. The van der Waals surface area contributed by atoms with Crippen molar-refractivity contribution < 1.29 is 19.1 Å². The number of nitrogens with zero attached hydrogens (tertiary/aromatic N) is 1. The number of aromatic carboxylic acids is 1. The van der Waals surface area contributed by atoms with Gasteiger partial charge >= 0.3 is 5.97 Å². The van der Waals surface area contributed by atoms with E-state index in [4.69, 9.17) is 5.11 Å². The van der Waals surface area contributed by atoms with Crippen LogP contribution in [0.2, 0.25) is 0 Å². The topological polar surface area (TPSA) is 57.6 Å². The van der Waals surface area contributed by atoms with Crippen molar-refractivity contribution in [1.82, 2.24) is 0 Å². The quantitative estimate of drug-likeness (QED) is 0.923. The molecule has 1 amide bonds. The van der Waals surface area contributed by atoms with Gasteiger partial charge in [-0.2, -0.15) is 0 Å². The Labute approximate surface area is 120 Å². The maximum atomic E-state index is 13.4. The normalized spacial score (nSPS) is 13.1. The van der Waals surface area contributed by atoms with Crippen molar-refractivity contribution in [3.8, 4) is 0 Å². The molecule has 0 saturated carbocycles. The van der Waals surface area contributed by atoms with Gasteiger partial charge < -0.3 is 10.0 Å². The minimum Gasteiger partial charge on any atom is -0.478 e. The number of hydrogen-bond donors (Lipinski definition) is 1. The van der Waals surface area contributed by atoms with E-state index in [1.807, 2.05) is 0 Å². The van der Waals surface area contributed by atoms with Crippen LogP contribution in [-0.4, -0.2) is 23.5 Å². The maximum Gasteiger partial charge on any atom is 0.335 e. The molecular formula is C16H12FNO3. The van der Waals surface area contributed by atoms with E-state index in [9.17, 15) is 14.0 Å². The molecule has 0 saturated heterocycles. The number of carboxylic acids is 1. The summed E-state index contributed by atoms with van der Waals surface area (Å²) in [6, 6.07) is 10.2. The van der Waals surface area contributed by atoms with Gasteiger partial charge in [0.2, 0.25) is 0 Å². The zero-order valence-electron chi connectivity index (χ0n) is 11.0. The molecule has 0 unspecified atom stereocenters.